The van der Waals surface area contributed by atoms with E-state index in [1.54, 1.807) is 36.4 Å². The Labute approximate surface area is 178 Å². The average molecular weight is 524 g/mol. The van der Waals surface area contributed by atoms with E-state index in [9.17, 15) is 9.59 Å². The van der Waals surface area contributed by atoms with Gasteiger partial charge in [0.2, 0.25) is 5.91 Å². The lowest BCUT2D eigenvalue weighted by atomic mass is 10.2. The normalized spacial score (nSPS) is 9.65. The van der Waals surface area contributed by atoms with Gasteiger partial charge in [0.05, 0.1) is 16.1 Å². The van der Waals surface area contributed by atoms with E-state index in [2.05, 4.69) is 42.5 Å². The number of methoxy groups -OCH3 is 1. The first-order valence-electron chi connectivity index (χ1n) is 6.87. The van der Waals surface area contributed by atoms with Gasteiger partial charge in [0.15, 0.2) is 5.11 Å². The molecule has 2 aromatic rings. The number of halogens is 3. The second-order valence-electron chi connectivity index (χ2n) is 4.82. The van der Waals surface area contributed by atoms with Crippen LogP contribution in [0.1, 0.15) is 20.7 Å². The highest BCUT2D eigenvalue weighted by molar-refractivity contribution is 9.11. The SMILES string of the molecule is COc1c(Br)cc(C(=O)NC(=S)Nc2ccc(C(N)=O)cc2)cc1Br.Cl. The summed E-state index contributed by atoms with van der Waals surface area (Å²) in [5, 5.41) is 5.57. The summed E-state index contributed by atoms with van der Waals surface area (Å²) in [4.78, 5) is 23.4. The Kier molecular flexibility index (Phi) is 8.48. The number of amides is 2. The first kappa shape index (κ1) is 22.4. The number of ether oxygens (including phenoxy) is 1. The van der Waals surface area contributed by atoms with Crippen LogP contribution in [0.15, 0.2) is 45.3 Å². The molecule has 0 spiro atoms. The Morgan fingerprint density at radius 1 is 1.08 bits per heavy atom. The number of primary amides is 1. The smallest absolute Gasteiger partial charge is 0.257 e. The highest BCUT2D eigenvalue weighted by atomic mass is 79.9. The summed E-state index contributed by atoms with van der Waals surface area (Å²) in [6.45, 7) is 0. The highest BCUT2D eigenvalue weighted by Crippen LogP contribution is 2.34. The summed E-state index contributed by atoms with van der Waals surface area (Å²) in [6, 6.07) is 9.66. The van der Waals surface area contributed by atoms with Crippen LogP contribution in [-0.2, 0) is 0 Å². The minimum Gasteiger partial charge on any atom is -0.494 e. The monoisotopic (exact) mass is 521 g/mol. The second-order valence-corrected chi connectivity index (χ2v) is 6.94. The Morgan fingerprint density at radius 3 is 2.08 bits per heavy atom. The molecule has 2 aromatic carbocycles. The molecule has 0 radical (unpaired) electrons. The number of thiocarbonyl (C=S) groups is 1. The molecule has 6 nitrogen and oxygen atoms in total. The van der Waals surface area contributed by atoms with Crippen LogP contribution in [0.4, 0.5) is 5.69 Å². The van der Waals surface area contributed by atoms with Crippen LogP contribution < -0.4 is 21.1 Å². The van der Waals surface area contributed by atoms with E-state index in [1.165, 1.54) is 7.11 Å². The molecule has 0 aliphatic carbocycles. The van der Waals surface area contributed by atoms with Crippen molar-refractivity contribution in [3.63, 3.8) is 0 Å². The number of nitrogens with one attached hydrogen (secondary N) is 2. The quantitative estimate of drug-likeness (QED) is 0.529. The number of hydrogen-bond donors (Lipinski definition) is 3. The lowest BCUT2D eigenvalue weighted by molar-refractivity contribution is 0.0975. The third-order valence-corrected chi connectivity index (χ3v) is 4.50. The molecule has 0 atom stereocenters. The molecule has 2 amide bonds. The van der Waals surface area contributed by atoms with E-state index in [1.807, 2.05) is 0 Å². The van der Waals surface area contributed by atoms with Gasteiger partial charge >= 0.3 is 0 Å². The summed E-state index contributed by atoms with van der Waals surface area (Å²) >= 11 is 11.8. The van der Waals surface area contributed by atoms with Gasteiger partial charge in [-0.25, -0.2) is 0 Å². The minimum atomic E-state index is -0.516. The van der Waals surface area contributed by atoms with Crippen molar-refractivity contribution in [1.29, 1.82) is 0 Å². The van der Waals surface area contributed by atoms with Crippen molar-refractivity contribution in [1.82, 2.24) is 5.32 Å². The summed E-state index contributed by atoms with van der Waals surface area (Å²) in [5.41, 5.74) is 6.58. The summed E-state index contributed by atoms with van der Waals surface area (Å²) in [7, 11) is 1.53. The Morgan fingerprint density at radius 2 is 1.62 bits per heavy atom. The van der Waals surface area contributed by atoms with Crippen molar-refractivity contribution in [2.45, 2.75) is 0 Å². The fraction of sp³-hybridized carbons (Fsp3) is 0.0625. The van der Waals surface area contributed by atoms with Crippen LogP contribution >= 0.6 is 56.5 Å². The highest BCUT2D eigenvalue weighted by Gasteiger charge is 2.14. The van der Waals surface area contributed by atoms with Crippen LogP contribution in [0.25, 0.3) is 0 Å². The van der Waals surface area contributed by atoms with E-state index in [4.69, 9.17) is 22.7 Å². The molecule has 0 saturated carbocycles. The topological polar surface area (TPSA) is 93.4 Å². The van der Waals surface area contributed by atoms with Gasteiger partial charge in [-0.1, -0.05) is 0 Å². The van der Waals surface area contributed by atoms with Crippen molar-refractivity contribution in [3.05, 3.63) is 56.5 Å². The van der Waals surface area contributed by atoms with E-state index in [0.29, 0.717) is 31.5 Å². The van der Waals surface area contributed by atoms with Gasteiger partial charge in [-0.2, -0.15) is 0 Å². The standard InChI is InChI=1S/C16H13Br2N3O3S.ClH/c1-24-13-11(17)6-9(7-12(13)18)15(23)21-16(25)20-10-4-2-8(3-5-10)14(19)22;/h2-7H,1H3,(H2,19,22)(H2,20,21,23,25);1H. The Hall–Kier alpha value is -1.68. The molecule has 0 unspecified atom stereocenters. The van der Waals surface area contributed by atoms with Crippen molar-refractivity contribution in [2.24, 2.45) is 5.73 Å². The van der Waals surface area contributed by atoms with E-state index >= 15 is 0 Å². The van der Waals surface area contributed by atoms with Crippen LogP contribution in [0.3, 0.4) is 0 Å². The molecule has 0 aromatic heterocycles. The van der Waals surface area contributed by atoms with Gasteiger partial charge in [-0.15, -0.1) is 12.4 Å². The van der Waals surface area contributed by atoms with E-state index in [-0.39, 0.29) is 23.4 Å². The largest absolute Gasteiger partial charge is 0.494 e. The van der Waals surface area contributed by atoms with Crippen molar-refractivity contribution in [2.75, 3.05) is 12.4 Å². The first-order valence-corrected chi connectivity index (χ1v) is 8.86. The third kappa shape index (κ3) is 5.66. The Bertz CT molecular complexity index is 824. The molecule has 10 heteroatoms. The van der Waals surface area contributed by atoms with Crippen LogP contribution in [-0.4, -0.2) is 24.0 Å². The fourth-order valence-electron chi connectivity index (χ4n) is 1.94. The van der Waals surface area contributed by atoms with Crippen molar-refractivity contribution >= 4 is 79.1 Å². The molecule has 138 valence electrons. The van der Waals surface area contributed by atoms with Gasteiger partial charge in [0, 0.05) is 16.8 Å². The Balaban J connectivity index is 0.00000338. The predicted octanol–water partition coefficient (Wildman–Crippen LogP) is 3.87. The molecule has 0 fully saturated rings. The number of anilines is 1. The van der Waals surface area contributed by atoms with Crippen molar-refractivity contribution in [3.8, 4) is 5.75 Å². The van der Waals surface area contributed by atoms with E-state index in [0.717, 1.165) is 0 Å². The molecule has 0 aliphatic rings. The second kappa shape index (κ2) is 9.86. The number of hydrogen-bond acceptors (Lipinski definition) is 4. The maximum absolute atomic E-state index is 12.3. The minimum absolute atomic E-state index is 0. The molecule has 0 aliphatic heterocycles. The molecular weight excluding hydrogens is 510 g/mol. The lowest BCUT2D eigenvalue weighted by Crippen LogP contribution is -2.34. The molecule has 0 heterocycles. The maximum atomic E-state index is 12.3. The zero-order valence-corrected chi connectivity index (χ0v) is 18.1. The summed E-state index contributed by atoms with van der Waals surface area (Å²) < 4.78 is 6.47. The van der Waals surface area contributed by atoms with Gasteiger partial charge in [-0.3, -0.25) is 14.9 Å². The van der Waals surface area contributed by atoms with Gasteiger partial charge in [0.1, 0.15) is 5.75 Å². The molecule has 2 rings (SSSR count). The average Bonchev–Trinajstić information content (AvgIpc) is 2.54. The molecular formula is C16H14Br2ClN3O3S. The van der Waals surface area contributed by atoms with Gasteiger partial charge in [-0.05, 0) is 80.5 Å². The number of carbonyl (C=O) groups is 2. The number of nitrogens with two attached hydrogens (primary N) is 1. The predicted molar refractivity (Wildman–Crippen MR) is 114 cm³/mol. The molecule has 0 bridgehead atoms. The third-order valence-electron chi connectivity index (χ3n) is 3.12. The summed E-state index contributed by atoms with van der Waals surface area (Å²) in [6.07, 6.45) is 0. The number of rotatable bonds is 4. The van der Waals surface area contributed by atoms with Crippen LogP contribution in [0.5, 0.6) is 5.75 Å². The molecule has 26 heavy (non-hydrogen) atoms. The van der Waals surface area contributed by atoms with Gasteiger partial charge in [0.25, 0.3) is 5.91 Å². The fourth-order valence-corrected chi connectivity index (χ4v) is 3.66. The van der Waals surface area contributed by atoms with Crippen molar-refractivity contribution < 1.29 is 14.3 Å². The lowest BCUT2D eigenvalue weighted by Gasteiger charge is -2.12. The van der Waals surface area contributed by atoms with Gasteiger partial charge < -0.3 is 15.8 Å². The molecule has 0 saturated heterocycles. The molecule has 4 N–H and O–H groups in total. The first-order chi connectivity index (χ1) is 11.8. The maximum Gasteiger partial charge on any atom is 0.257 e. The zero-order valence-electron chi connectivity index (χ0n) is 13.3. The summed E-state index contributed by atoms with van der Waals surface area (Å²) in [5.74, 6) is -0.305. The van der Waals surface area contributed by atoms with E-state index < -0.39 is 5.91 Å². The number of benzene rings is 2. The van der Waals surface area contributed by atoms with Crippen LogP contribution in [0.2, 0.25) is 0 Å². The zero-order chi connectivity index (χ0) is 18.6. The van der Waals surface area contributed by atoms with Crippen LogP contribution in [0, 0.1) is 0 Å². The number of carbonyl (C=O) groups excluding carboxylic acids is 2.